The number of rotatable bonds is 9. The zero-order chi connectivity index (χ0) is 11.8. The van der Waals surface area contributed by atoms with Gasteiger partial charge in [0.2, 0.25) is 0 Å². The Morgan fingerprint density at radius 3 is 1.20 bits per heavy atom. The Balaban J connectivity index is 4.33. The van der Waals surface area contributed by atoms with Crippen LogP contribution in [0.15, 0.2) is 0 Å². The molecule has 15 heavy (non-hydrogen) atoms. The standard InChI is InChI=1S/C9H21Cl2O3P/c1-12-4-7-15(10,11,8-5-13-2)9-6-14-3/h4-9H2,1-3H3. The van der Waals surface area contributed by atoms with Crippen LogP contribution in [0.4, 0.5) is 0 Å². The average Bonchev–Trinajstić information content (AvgIpc) is 2.22. The van der Waals surface area contributed by atoms with E-state index in [4.69, 9.17) is 36.7 Å². The van der Waals surface area contributed by atoms with Gasteiger partial charge in [0.15, 0.2) is 0 Å². The molecule has 0 spiro atoms. The average molecular weight is 279 g/mol. The third-order valence-electron chi connectivity index (χ3n) is 2.34. The summed E-state index contributed by atoms with van der Waals surface area (Å²) in [5.41, 5.74) is 0. The van der Waals surface area contributed by atoms with E-state index < -0.39 is 5.31 Å². The van der Waals surface area contributed by atoms with Gasteiger partial charge in [-0.15, -0.1) is 0 Å². The molecule has 0 aromatic heterocycles. The number of ether oxygens (including phenoxy) is 3. The molecule has 0 aliphatic heterocycles. The number of methoxy groups -OCH3 is 3. The second-order valence-corrected chi connectivity index (χ2v) is 13.7. The van der Waals surface area contributed by atoms with Gasteiger partial charge in [0.1, 0.15) is 0 Å². The van der Waals surface area contributed by atoms with Crippen molar-refractivity contribution in [2.75, 3.05) is 59.6 Å². The molecule has 0 aromatic carbocycles. The molecule has 0 fully saturated rings. The fraction of sp³-hybridized carbons (Fsp3) is 1.00. The van der Waals surface area contributed by atoms with Gasteiger partial charge in [-0.05, 0) is 0 Å². The van der Waals surface area contributed by atoms with Crippen LogP contribution in [0.25, 0.3) is 0 Å². The van der Waals surface area contributed by atoms with Crippen molar-refractivity contribution in [3.05, 3.63) is 0 Å². The Morgan fingerprint density at radius 1 is 0.733 bits per heavy atom. The zero-order valence-corrected chi connectivity index (χ0v) is 12.1. The summed E-state index contributed by atoms with van der Waals surface area (Å²) in [6.45, 7) is 1.74. The first kappa shape index (κ1) is 15.9. The first-order valence-corrected chi connectivity index (χ1v) is 9.48. The maximum atomic E-state index is 6.59. The molecule has 6 heteroatoms. The fourth-order valence-corrected chi connectivity index (χ4v) is 4.85. The zero-order valence-electron chi connectivity index (χ0n) is 9.67. The Hall–Kier alpha value is 0.890. The van der Waals surface area contributed by atoms with E-state index in [-0.39, 0.29) is 0 Å². The van der Waals surface area contributed by atoms with Crippen LogP contribution in [-0.4, -0.2) is 59.6 Å². The van der Waals surface area contributed by atoms with Gasteiger partial charge < -0.3 is 0 Å². The summed E-state index contributed by atoms with van der Waals surface area (Å²) in [5.74, 6) is 0. The van der Waals surface area contributed by atoms with E-state index >= 15 is 0 Å². The molecule has 0 unspecified atom stereocenters. The summed E-state index contributed by atoms with van der Waals surface area (Å²) in [5, 5.41) is -2.71. The maximum absolute atomic E-state index is 6.59. The van der Waals surface area contributed by atoms with Crippen molar-refractivity contribution < 1.29 is 14.2 Å². The normalized spacial score (nSPS) is 14.9. The van der Waals surface area contributed by atoms with Crippen LogP contribution >= 0.6 is 27.8 Å². The second kappa shape index (κ2) is 7.26. The number of hydrogen-bond acceptors (Lipinski definition) is 3. The number of halogens is 2. The summed E-state index contributed by atoms with van der Waals surface area (Å²) in [6, 6.07) is 0. The summed E-state index contributed by atoms with van der Waals surface area (Å²) < 4.78 is 15.1. The van der Waals surface area contributed by atoms with Crippen LogP contribution in [0.3, 0.4) is 0 Å². The molecule has 0 aromatic rings. The molecule has 0 bridgehead atoms. The van der Waals surface area contributed by atoms with E-state index in [2.05, 4.69) is 0 Å². The van der Waals surface area contributed by atoms with Gasteiger partial charge in [-0.1, -0.05) is 0 Å². The Kier molecular flexibility index (Phi) is 7.69. The number of hydrogen-bond donors (Lipinski definition) is 0. The second-order valence-electron chi connectivity index (χ2n) is 3.60. The molecule has 0 N–H and O–H groups in total. The molecule has 94 valence electrons. The minimum atomic E-state index is -2.71. The molecule has 0 saturated carbocycles. The first-order chi connectivity index (χ1) is 6.96. The van der Waals surface area contributed by atoms with Crippen molar-refractivity contribution in [1.29, 1.82) is 0 Å². The topological polar surface area (TPSA) is 27.7 Å². The van der Waals surface area contributed by atoms with E-state index in [1.807, 2.05) is 0 Å². The molecular weight excluding hydrogens is 258 g/mol. The van der Waals surface area contributed by atoms with E-state index in [9.17, 15) is 0 Å². The van der Waals surface area contributed by atoms with Crippen molar-refractivity contribution in [2.24, 2.45) is 0 Å². The molecule has 0 aliphatic rings. The Labute approximate surface area is 102 Å². The first-order valence-electron chi connectivity index (χ1n) is 4.88. The molecule has 0 amide bonds. The SMILES string of the molecule is COCCP(Cl)(Cl)(CCOC)CCOC. The van der Waals surface area contributed by atoms with Gasteiger partial charge in [-0.25, -0.2) is 0 Å². The van der Waals surface area contributed by atoms with Crippen molar-refractivity contribution in [1.82, 2.24) is 0 Å². The molecule has 0 rings (SSSR count). The third kappa shape index (κ3) is 6.93. The Morgan fingerprint density at radius 2 is 1.00 bits per heavy atom. The quantitative estimate of drug-likeness (QED) is 0.607. The third-order valence-corrected chi connectivity index (χ3v) is 8.84. The van der Waals surface area contributed by atoms with Crippen LogP contribution in [-0.2, 0) is 14.2 Å². The van der Waals surface area contributed by atoms with Crippen molar-refractivity contribution >= 4 is 27.8 Å². The minimum absolute atomic E-state index is 0.582. The predicted molar refractivity (Wildman–Crippen MR) is 68.9 cm³/mol. The van der Waals surface area contributed by atoms with Gasteiger partial charge >= 0.3 is 102 Å². The van der Waals surface area contributed by atoms with Gasteiger partial charge in [0.05, 0.1) is 0 Å². The Bertz CT molecular complexity index is 150. The van der Waals surface area contributed by atoms with E-state index in [0.717, 1.165) is 0 Å². The van der Waals surface area contributed by atoms with Crippen molar-refractivity contribution in [3.8, 4) is 0 Å². The van der Waals surface area contributed by atoms with Crippen LogP contribution in [0, 0.1) is 0 Å². The summed E-state index contributed by atoms with van der Waals surface area (Å²) >= 11 is 13.2. The molecule has 3 nitrogen and oxygen atoms in total. The van der Waals surface area contributed by atoms with Crippen molar-refractivity contribution in [3.63, 3.8) is 0 Å². The molecule has 0 saturated heterocycles. The van der Waals surface area contributed by atoms with Gasteiger partial charge in [-0.2, -0.15) is 0 Å². The van der Waals surface area contributed by atoms with Crippen LogP contribution in [0.5, 0.6) is 0 Å². The predicted octanol–water partition coefficient (Wildman–Crippen LogP) is 2.79. The monoisotopic (exact) mass is 278 g/mol. The van der Waals surface area contributed by atoms with Crippen molar-refractivity contribution in [2.45, 2.75) is 0 Å². The summed E-state index contributed by atoms with van der Waals surface area (Å²) in [6.07, 6.45) is 2.08. The van der Waals surface area contributed by atoms with E-state index in [1.54, 1.807) is 21.3 Å². The summed E-state index contributed by atoms with van der Waals surface area (Å²) in [7, 11) is 4.95. The fourth-order valence-electron chi connectivity index (χ4n) is 1.20. The molecule has 0 heterocycles. The van der Waals surface area contributed by atoms with Gasteiger partial charge in [-0.3, -0.25) is 0 Å². The van der Waals surface area contributed by atoms with Crippen LogP contribution in [0.1, 0.15) is 0 Å². The van der Waals surface area contributed by atoms with E-state index in [1.165, 1.54) is 0 Å². The molecule has 0 atom stereocenters. The van der Waals surface area contributed by atoms with Gasteiger partial charge in [0, 0.05) is 0 Å². The summed E-state index contributed by atoms with van der Waals surface area (Å²) in [4.78, 5) is 0. The van der Waals surface area contributed by atoms with E-state index in [0.29, 0.717) is 38.3 Å². The molecule has 0 aliphatic carbocycles. The van der Waals surface area contributed by atoms with Crippen LogP contribution in [0.2, 0.25) is 0 Å². The van der Waals surface area contributed by atoms with Crippen LogP contribution < -0.4 is 0 Å². The molecular formula is C9H21Cl2O3P. The van der Waals surface area contributed by atoms with Gasteiger partial charge in [0.25, 0.3) is 0 Å². The molecule has 0 radical (unpaired) electrons.